The summed E-state index contributed by atoms with van der Waals surface area (Å²) >= 11 is 3.23. The molecule has 27 heavy (non-hydrogen) atoms. The van der Waals surface area contributed by atoms with Gasteiger partial charge in [-0.05, 0) is 30.9 Å². The van der Waals surface area contributed by atoms with Crippen molar-refractivity contribution in [3.8, 4) is 0 Å². The summed E-state index contributed by atoms with van der Waals surface area (Å²) < 4.78 is 3.55. The number of carbonyl (C=O) groups excluding carboxylic acids is 1. The summed E-state index contributed by atoms with van der Waals surface area (Å²) in [5.74, 6) is -0.00441. The number of carbonyl (C=O) groups is 1. The van der Waals surface area contributed by atoms with Crippen LogP contribution >= 0.6 is 22.7 Å². The van der Waals surface area contributed by atoms with Gasteiger partial charge in [-0.15, -0.1) is 22.7 Å². The minimum atomic E-state index is -0.0768. The van der Waals surface area contributed by atoms with Gasteiger partial charge in [0.25, 0.3) is 5.56 Å². The van der Waals surface area contributed by atoms with Gasteiger partial charge in [0.15, 0.2) is 0 Å². The average molecular weight is 398 g/mol. The highest BCUT2D eigenvalue weighted by atomic mass is 32.1. The Labute approximate surface area is 164 Å². The van der Waals surface area contributed by atoms with Crippen molar-refractivity contribution in [3.05, 3.63) is 62.7 Å². The van der Waals surface area contributed by atoms with Gasteiger partial charge in [-0.3, -0.25) is 9.59 Å². The molecule has 0 unspecified atom stereocenters. The van der Waals surface area contributed by atoms with Crippen molar-refractivity contribution in [2.75, 3.05) is 0 Å². The Hall–Kier alpha value is -2.51. The van der Waals surface area contributed by atoms with Crippen LogP contribution in [0.4, 0.5) is 0 Å². The number of aromatic nitrogens is 2. The lowest BCUT2D eigenvalue weighted by Crippen LogP contribution is -2.26. The second kappa shape index (κ2) is 7.62. The molecule has 1 aromatic carbocycles. The summed E-state index contributed by atoms with van der Waals surface area (Å²) in [5, 5.41) is 11.1. The molecule has 0 aliphatic carbocycles. The molecule has 1 N–H and O–H groups in total. The van der Waals surface area contributed by atoms with E-state index >= 15 is 0 Å². The molecule has 0 bridgehead atoms. The highest BCUT2D eigenvalue weighted by molar-refractivity contribution is 7.26. The highest BCUT2D eigenvalue weighted by Gasteiger charge is 2.14. The van der Waals surface area contributed by atoms with Crippen LogP contribution in [0, 0.1) is 6.92 Å². The maximum Gasteiger partial charge on any atom is 0.276 e. The lowest BCUT2D eigenvalue weighted by atomic mass is 10.2. The molecule has 4 rings (SSSR count). The maximum atomic E-state index is 12.9. The molecule has 0 saturated heterocycles. The predicted octanol–water partition coefficient (Wildman–Crippen LogP) is 4.08. The lowest BCUT2D eigenvalue weighted by molar-refractivity contribution is -0.121. The molecule has 3 aromatic heterocycles. The first-order chi connectivity index (χ1) is 13.1. The molecule has 3 heterocycles. The molecule has 138 valence electrons. The van der Waals surface area contributed by atoms with Crippen LogP contribution < -0.4 is 10.9 Å². The molecule has 0 fully saturated rings. The van der Waals surface area contributed by atoms with E-state index in [2.05, 4.69) is 10.4 Å². The van der Waals surface area contributed by atoms with E-state index in [1.54, 1.807) is 22.7 Å². The Morgan fingerprint density at radius 3 is 2.89 bits per heavy atom. The zero-order valence-corrected chi connectivity index (χ0v) is 16.5. The second-order valence-electron chi connectivity index (χ2n) is 6.38. The van der Waals surface area contributed by atoms with Crippen molar-refractivity contribution in [2.24, 2.45) is 0 Å². The molecule has 0 radical (unpaired) electrons. The summed E-state index contributed by atoms with van der Waals surface area (Å²) in [7, 11) is 0. The number of hydrogen-bond donors (Lipinski definition) is 1. The van der Waals surface area contributed by atoms with E-state index in [0.717, 1.165) is 30.7 Å². The molecule has 0 aliphatic heterocycles. The van der Waals surface area contributed by atoms with Gasteiger partial charge in [0.05, 0.1) is 22.3 Å². The van der Waals surface area contributed by atoms with E-state index < -0.39 is 0 Å². The SMILES string of the molecule is Cc1nn(CCCC(=O)NCc2cccs2)c(=O)c2c1sc1ccccc12. The van der Waals surface area contributed by atoms with Crippen molar-refractivity contribution in [3.63, 3.8) is 0 Å². The smallest absolute Gasteiger partial charge is 0.276 e. The Morgan fingerprint density at radius 2 is 2.07 bits per heavy atom. The monoisotopic (exact) mass is 397 g/mol. The maximum absolute atomic E-state index is 12.9. The van der Waals surface area contributed by atoms with E-state index in [4.69, 9.17) is 0 Å². The number of benzene rings is 1. The summed E-state index contributed by atoms with van der Waals surface area (Å²) in [6.45, 7) is 2.92. The van der Waals surface area contributed by atoms with E-state index in [0.29, 0.717) is 25.9 Å². The molecular weight excluding hydrogens is 378 g/mol. The van der Waals surface area contributed by atoms with Crippen molar-refractivity contribution in [1.29, 1.82) is 0 Å². The largest absolute Gasteiger partial charge is 0.351 e. The zero-order chi connectivity index (χ0) is 18.8. The summed E-state index contributed by atoms with van der Waals surface area (Å²) in [4.78, 5) is 26.1. The first-order valence-corrected chi connectivity index (χ1v) is 10.5. The van der Waals surface area contributed by atoms with Gasteiger partial charge in [0, 0.05) is 27.9 Å². The van der Waals surface area contributed by atoms with Gasteiger partial charge in [0.2, 0.25) is 5.91 Å². The molecule has 4 aromatic rings. The van der Waals surface area contributed by atoms with Crippen molar-refractivity contribution in [2.45, 2.75) is 32.9 Å². The van der Waals surface area contributed by atoms with Crippen molar-refractivity contribution >= 4 is 48.8 Å². The molecule has 0 spiro atoms. The third-order valence-corrected chi connectivity index (χ3v) is 6.61. The summed E-state index contributed by atoms with van der Waals surface area (Å²) in [6.07, 6.45) is 0.956. The number of fused-ring (bicyclic) bond motifs is 3. The molecule has 0 atom stereocenters. The number of nitrogens with zero attached hydrogens (tertiary/aromatic N) is 2. The number of rotatable bonds is 6. The minimum Gasteiger partial charge on any atom is -0.351 e. The first-order valence-electron chi connectivity index (χ1n) is 8.81. The van der Waals surface area contributed by atoms with Crippen LogP contribution in [-0.2, 0) is 17.9 Å². The number of amides is 1. The van der Waals surface area contributed by atoms with Crippen LogP contribution in [0.1, 0.15) is 23.4 Å². The van der Waals surface area contributed by atoms with Crippen LogP contribution in [0.25, 0.3) is 20.2 Å². The third-order valence-electron chi connectivity index (χ3n) is 4.46. The van der Waals surface area contributed by atoms with Crippen LogP contribution in [0.2, 0.25) is 0 Å². The van der Waals surface area contributed by atoms with E-state index in [-0.39, 0.29) is 11.5 Å². The number of hydrogen-bond acceptors (Lipinski definition) is 5. The zero-order valence-electron chi connectivity index (χ0n) is 14.9. The third kappa shape index (κ3) is 3.65. The fourth-order valence-electron chi connectivity index (χ4n) is 3.14. The molecule has 0 saturated carbocycles. The number of aryl methyl sites for hydroxylation is 2. The Kier molecular flexibility index (Phi) is 5.05. The topological polar surface area (TPSA) is 64.0 Å². The second-order valence-corrected chi connectivity index (χ2v) is 8.46. The molecular formula is C20H19N3O2S2. The van der Waals surface area contributed by atoms with E-state index in [1.807, 2.05) is 48.7 Å². The standard InChI is InChI=1S/C20H19N3O2S2/c1-13-19-18(15-7-2-3-8-16(15)27-19)20(25)23(22-13)10-4-9-17(24)21-12-14-6-5-11-26-14/h2-3,5-8,11H,4,9-10,12H2,1H3,(H,21,24). The van der Waals surface area contributed by atoms with Gasteiger partial charge in [-0.1, -0.05) is 24.3 Å². The van der Waals surface area contributed by atoms with E-state index in [9.17, 15) is 9.59 Å². The van der Waals surface area contributed by atoms with E-state index in [1.165, 1.54) is 4.68 Å². The Morgan fingerprint density at radius 1 is 1.22 bits per heavy atom. The summed E-state index contributed by atoms with van der Waals surface area (Å²) in [6, 6.07) is 11.9. The number of nitrogens with one attached hydrogen (secondary N) is 1. The minimum absolute atomic E-state index is 0.00441. The van der Waals surface area contributed by atoms with Crippen LogP contribution in [0.5, 0.6) is 0 Å². The van der Waals surface area contributed by atoms with Crippen LogP contribution in [-0.4, -0.2) is 15.7 Å². The lowest BCUT2D eigenvalue weighted by Gasteiger charge is -2.07. The van der Waals surface area contributed by atoms with Crippen LogP contribution in [0.15, 0.2) is 46.6 Å². The highest BCUT2D eigenvalue weighted by Crippen LogP contribution is 2.32. The van der Waals surface area contributed by atoms with Gasteiger partial charge in [-0.2, -0.15) is 5.10 Å². The average Bonchev–Trinajstić information content (AvgIpc) is 3.31. The van der Waals surface area contributed by atoms with Gasteiger partial charge in [-0.25, -0.2) is 4.68 Å². The normalized spacial score (nSPS) is 11.3. The quantitative estimate of drug-likeness (QED) is 0.533. The first kappa shape index (κ1) is 17.9. The Bertz CT molecular complexity index is 1160. The fourth-order valence-corrected chi connectivity index (χ4v) is 4.92. The van der Waals surface area contributed by atoms with Crippen molar-refractivity contribution < 1.29 is 4.79 Å². The number of thiophene rings is 2. The van der Waals surface area contributed by atoms with Crippen molar-refractivity contribution in [1.82, 2.24) is 15.1 Å². The summed E-state index contributed by atoms with van der Waals surface area (Å²) in [5.41, 5.74) is 0.778. The fraction of sp³-hybridized carbons (Fsp3) is 0.250. The molecule has 5 nitrogen and oxygen atoms in total. The van der Waals surface area contributed by atoms with Gasteiger partial charge >= 0.3 is 0 Å². The molecule has 1 amide bonds. The van der Waals surface area contributed by atoms with Gasteiger partial charge in [0.1, 0.15) is 0 Å². The Balaban J connectivity index is 1.47. The van der Waals surface area contributed by atoms with Crippen LogP contribution in [0.3, 0.4) is 0 Å². The predicted molar refractivity (Wildman–Crippen MR) is 112 cm³/mol. The van der Waals surface area contributed by atoms with Gasteiger partial charge < -0.3 is 5.32 Å². The molecule has 7 heteroatoms. The molecule has 0 aliphatic rings.